The Kier molecular flexibility index (Phi) is 11.4. The molecule has 1 aliphatic heterocycles. The number of aliphatic imine (C=N–C) groups is 1. The van der Waals surface area contributed by atoms with Crippen LogP contribution in [-0.4, -0.2) is 60.0 Å². The van der Waals surface area contributed by atoms with Crippen LogP contribution in [0, 0.1) is 5.92 Å². The van der Waals surface area contributed by atoms with Crippen molar-refractivity contribution < 1.29 is 14.2 Å². The Morgan fingerprint density at radius 2 is 1.85 bits per heavy atom. The number of nitrogens with zero attached hydrogens (tertiary/aromatic N) is 2. The molecule has 0 bridgehead atoms. The van der Waals surface area contributed by atoms with Crippen molar-refractivity contribution in [2.24, 2.45) is 10.9 Å². The van der Waals surface area contributed by atoms with Crippen LogP contribution in [-0.2, 0) is 6.42 Å². The van der Waals surface area contributed by atoms with Crippen LogP contribution in [0.5, 0.6) is 17.2 Å². The lowest BCUT2D eigenvalue weighted by Gasteiger charge is -2.19. The second kappa shape index (κ2) is 14.0. The molecule has 3 rings (SSSR count). The summed E-state index contributed by atoms with van der Waals surface area (Å²) >= 11 is 0. The summed E-state index contributed by atoms with van der Waals surface area (Å²) in [5, 5.41) is 6.81. The smallest absolute Gasteiger partial charge is 0.191 e. The Morgan fingerprint density at radius 1 is 1.03 bits per heavy atom. The van der Waals surface area contributed by atoms with E-state index in [0.717, 1.165) is 68.8 Å². The number of hydrogen-bond donors (Lipinski definition) is 2. The average Bonchev–Trinajstić information content (AvgIpc) is 3.31. The van der Waals surface area contributed by atoms with Gasteiger partial charge in [0.2, 0.25) is 0 Å². The van der Waals surface area contributed by atoms with Crippen molar-refractivity contribution >= 4 is 35.6 Å². The largest absolute Gasteiger partial charge is 0.497 e. The molecular formula is C25H37IN4O3. The van der Waals surface area contributed by atoms with Gasteiger partial charge in [-0.3, -0.25) is 4.99 Å². The van der Waals surface area contributed by atoms with Crippen LogP contribution >= 0.6 is 24.0 Å². The fourth-order valence-electron chi connectivity index (χ4n) is 3.95. The molecule has 0 aromatic heterocycles. The van der Waals surface area contributed by atoms with E-state index >= 15 is 0 Å². The fourth-order valence-corrected chi connectivity index (χ4v) is 3.95. The molecule has 1 saturated heterocycles. The van der Waals surface area contributed by atoms with Crippen LogP contribution in [0.1, 0.15) is 18.9 Å². The molecule has 2 aromatic rings. The lowest BCUT2D eigenvalue weighted by Crippen LogP contribution is -2.38. The molecule has 0 aliphatic carbocycles. The number of nitrogens with one attached hydrogen (secondary N) is 2. The number of anilines is 1. The van der Waals surface area contributed by atoms with Crippen molar-refractivity contribution in [2.45, 2.75) is 19.8 Å². The highest BCUT2D eigenvalue weighted by Crippen LogP contribution is 2.28. The standard InChI is InChI=1S/C25H36N4O3.HI/c1-5-26-25(27-13-11-19-9-10-23(31-3)24(15-19)32-4)28-17-20-12-14-29(18-20)21-7-6-8-22(16-21)30-2;/h6-10,15-16,20H,5,11-14,17-18H2,1-4H3,(H2,26,27,28);1H. The van der Waals surface area contributed by atoms with Crippen LogP contribution in [0.3, 0.4) is 0 Å². The minimum atomic E-state index is 0. The van der Waals surface area contributed by atoms with Crippen LogP contribution < -0.4 is 29.7 Å². The first kappa shape index (κ1) is 26.9. The third kappa shape index (κ3) is 7.87. The van der Waals surface area contributed by atoms with Gasteiger partial charge in [-0.15, -0.1) is 24.0 Å². The molecule has 33 heavy (non-hydrogen) atoms. The van der Waals surface area contributed by atoms with Crippen LogP contribution in [0.4, 0.5) is 5.69 Å². The number of hydrogen-bond acceptors (Lipinski definition) is 5. The Hall–Kier alpha value is -2.36. The highest BCUT2D eigenvalue weighted by Gasteiger charge is 2.22. The molecule has 1 fully saturated rings. The predicted molar refractivity (Wildman–Crippen MR) is 146 cm³/mol. The SMILES string of the molecule is CCNC(=NCC1CCN(c2cccc(OC)c2)C1)NCCc1ccc(OC)c(OC)c1.I. The first-order chi connectivity index (χ1) is 15.7. The van der Waals surface area contributed by atoms with Gasteiger partial charge >= 0.3 is 0 Å². The quantitative estimate of drug-likeness (QED) is 0.257. The second-order valence-electron chi connectivity index (χ2n) is 7.89. The zero-order valence-corrected chi connectivity index (χ0v) is 22.4. The van der Waals surface area contributed by atoms with Gasteiger partial charge in [-0.1, -0.05) is 12.1 Å². The summed E-state index contributed by atoms with van der Waals surface area (Å²) in [5.41, 5.74) is 2.41. The van der Waals surface area contributed by atoms with Crippen molar-refractivity contribution in [1.29, 1.82) is 0 Å². The van der Waals surface area contributed by atoms with Gasteiger partial charge in [0.25, 0.3) is 0 Å². The molecular weight excluding hydrogens is 531 g/mol. The van der Waals surface area contributed by atoms with Crippen LogP contribution in [0.25, 0.3) is 0 Å². The van der Waals surface area contributed by atoms with E-state index in [0.29, 0.717) is 5.92 Å². The number of guanidine groups is 1. The zero-order valence-electron chi connectivity index (χ0n) is 20.1. The molecule has 182 valence electrons. The summed E-state index contributed by atoms with van der Waals surface area (Å²) in [6, 6.07) is 14.3. The molecule has 1 unspecified atom stereocenters. The van der Waals surface area contributed by atoms with E-state index in [2.05, 4.69) is 40.7 Å². The van der Waals surface area contributed by atoms with E-state index < -0.39 is 0 Å². The van der Waals surface area contributed by atoms with E-state index in [1.165, 1.54) is 11.3 Å². The third-order valence-corrected chi connectivity index (χ3v) is 5.71. The van der Waals surface area contributed by atoms with Crippen LogP contribution in [0.15, 0.2) is 47.5 Å². The van der Waals surface area contributed by atoms with Crippen molar-refractivity contribution in [3.8, 4) is 17.2 Å². The van der Waals surface area contributed by atoms with E-state index in [9.17, 15) is 0 Å². The molecule has 1 aliphatic rings. The van der Waals surface area contributed by atoms with Gasteiger partial charge in [0, 0.05) is 44.5 Å². The molecule has 2 N–H and O–H groups in total. The maximum Gasteiger partial charge on any atom is 0.191 e. The Bertz CT molecular complexity index is 894. The normalized spacial score (nSPS) is 15.6. The molecule has 0 saturated carbocycles. The van der Waals surface area contributed by atoms with Gasteiger partial charge in [-0.05, 0) is 55.5 Å². The van der Waals surface area contributed by atoms with Gasteiger partial charge in [0.15, 0.2) is 17.5 Å². The monoisotopic (exact) mass is 568 g/mol. The number of ether oxygens (including phenoxy) is 3. The molecule has 7 nitrogen and oxygen atoms in total. The number of methoxy groups -OCH3 is 3. The maximum absolute atomic E-state index is 5.40. The highest BCUT2D eigenvalue weighted by molar-refractivity contribution is 14.0. The molecule has 1 atom stereocenters. The molecule has 2 aromatic carbocycles. The highest BCUT2D eigenvalue weighted by atomic mass is 127. The van der Waals surface area contributed by atoms with E-state index in [1.807, 2.05) is 24.3 Å². The van der Waals surface area contributed by atoms with Crippen molar-refractivity contribution in [2.75, 3.05) is 59.0 Å². The lowest BCUT2D eigenvalue weighted by atomic mass is 10.1. The fraction of sp³-hybridized carbons (Fsp3) is 0.480. The Labute approximate surface area is 214 Å². The topological polar surface area (TPSA) is 67.4 Å². The second-order valence-corrected chi connectivity index (χ2v) is 7.89. The summed E-state index contributed by atoms with van der Waals surface area (Å²) < 4.78 is 16.1. The summed E-state index contributed by atoms with van der Waals surface area (Å²) in [4.78, 5) is 7.26. The molecule has 0 amide bonds. The zero-order chi connectivity index (χ0) is 22.8. The number of benzene rings is 2. The van der Waals surface area contributed by atoms with Crippen molar-refractivity contribution in [3.05, 3.63) is 48.0 Å². The molecule has 0 spiro atoms. The van der Waals surface area contributed by atoms with Crippen molar-refractivity contribution in [3.63, 3.8) is 0 Å². The summed E-state index contributed by atoms with van der Waals surface area (Å²) in [5.74, 6) is 3.82. The first-order valence-corrected chi connectivity index (χ1v) is 11.3. The Balaban J connectivity index is 0.00000385. The minimum Gasteiger partial charge on any atom is -0.497 e. The average molecular weight is 569 g/mol. The van der Waals surface area contributed by atoms with E-state index in [-0.39, 0.29) is 24.0 Å². The number of halogens is 1. The first-order valence-electron chi connectivity index (χ1n) is 11.3. The van der Waals surface area contributed by atoms with Gasteiger partial charge < -0.3 is 29.7 Å². The third-order valence-electron chi connectivity index (χ3n) is 5.71. The lowest BCUT2D eigenvalue weighted by molar-refractivity contribution is 0.354. The van der Waals surface area contributed by atoms with E-state index in [1.54, 1.807) is 21.3 Å². The minimum absolute atomic E-state index is 0. The predicted octanol–water partition coefficient (Wildman–Crippen LogP) is 3.95. The summed E-state index contributed by atoms with van der Waals surface area (Å²) in [6.07, 6.45) is 2.02. The Morgan fingerprint density at radius 3 is 2.58 bits per heavy atom. The summed E-state index contributed by atoms with van der Waals surface area (Å²) in [6.45, 7) is 6.60. The van der Waals surface area contributed by atoms with Crippen molar-refractivity contribution in [1.82, 2.24) is 10.6 Å². The van der Waals surface area contributed by atoms with Gasteiger partial charge in [0.05, 0.1) is 21.3 Å². The molecule has 0 radical (unpaired) electrons. The van der Waals surface area contributed by atoms with E-state index in [4.69, 9.17) is 19.2 Å². The maximum atomic E-state index is 5.40. The number of rotatable bonds is 10. The van der Waals surface area contributed by atoms with Gasteiger partial charge in [-0.25, -0.2) is 0 Å². The summed E-state index contributed by atoms with van der Waals surface area (Å²) in [7, 11) is 5.02. The van der Waals surface area contributed by atoms with Gasteiger partial charge in [-0.2, -0.15) is 0 Å². The molecule has 8 heteroatoms. The van der Waals surface area contributed by atoms with Crippen LogP contribution in [0.2, 0.25) is 0 Å². The molecule has 1 heterocycles. The van der Waals surface area contributed by atoms with Gasteiger partial charge in [0.1, 0.15) is 5.75 Å².